The minimum absolute atomic E-state index is 0.00601. The van der Waals surface area contributed by atoms with Gasteiger partial charge in [-0.05, 0) is 31.4 Å². The van der Waals surface area contributed by atoms with E-state index in [-0.39, 0.29) is 24.4 Å². The molecule has 4 N–H and O–H groups in total. The van der Waals surface area contributed by atoms with E-state index in [0.717, 1.165) is 19.3 Å². The average Bonchev–Trinajstić information content (AvgIpc) is 2.53. The molecular formula is C14H19N3O3. The van der Waals surface area contributed by atoms with E-state index in [4.69, 9.17) is 10.9 Å². The van der Waals surface area contributed by atoms with Crippen molar-refractivity contribution in [1.29, 1.82) is 0 Å². The molecule has 20 heavy (non-hydrogen) atoms. The first-order valence-electron chi connectivity index (χ1n) is 6.67. The number of aliphatic hydroxyl groups excluding tert-OH is 1. The number of oxime groups is 1. The number of nitrogens with two attached hydrogens (primary N) is 1. The van der Waals surface area contributed by atoms with Crippen LogP contribution in [0.25, 0.3) is 0 Å². The maximum atomic E-state index is 12.4. The Kier molecular flexibility index (Phi) is 4.57. The highest BCUT2D eigenvalue weighted by atomic mass is 16.4. The molecule has 0 saturated carbocycles. The molecule has 0 bridgehead atoms. The zero-order valence-corrected chi connectivity index (χ0v) is 11.2. The van der Waals surface area contributed by atoms with E-state index in [1.165, 1.54) is 0 Å². The molecule has 6 nitrogen and oxygen atoms in total. The van der Waals surface area contributed by atoms with E-state index >= 15 is 0 Å². The second kappa shape index (κ2) is 6.38. The lowest BCUT2D eigenvalue weighted by atomic mass is 10.0. The van der Waals surface area contributed by atoms with Crippen molar-refractivity contribution in [3.63, 3.8) is 0 Å². The van der Waals surface area contributed by atoms with Gasteiger partial charge in [0.15, 0.2) is 5.84 Å². The first-order valence-corrected chi connectivity index (χ1v) is 6.67. The average molecular weight is 277 g/mol. The van der Waals surface area contributed by atoms with Gasteiger partial charge in [0.25, 0.3) is 5.91 Å². The number of aliphatic hydroxyl groups is 1. The van der Waals surface area contributed by atoms with Crippen molar-refractivity contribution in [2.24, 2.45) is 10.9 Å². The number of amidine groups is 1. The fourth-order valence-electron chi connectivity index (χ4n) is 2.46. The van der Waals surface area contributed by atoms with Gasteiger partial charge in [-0.2, -0.15) is 0 Å². The molecule has 6 heteroatoms. The van der Waals surface area contributed by atoms with Crippen molar-refractivity contribution in [2.45, 2.75) is 25.3 Å². The zero-order valence-electron chi connectivity index (χ0n) is 11.2. The monoisotopic (exact) mass is 277 g/mol. The predicted octanol–water partition coefficient (Wildman–Crippen LogP) is 0.768. The minimum atomic E-state index is -0.0972. The summed E-state index contributed by atoms with van der Waals surface area (Å²) in [5.74, 6) is -0.0787. The van der Waals surface area contributed by atoms with E-state index in [9.17, 15) is 9.90 Å². The third-order valence-corrected chi connectivity index (χ3v) is 3.63. The summed E-state index contributed by atoms with van der Waals surface area (Å²) in [5, 5.41) is 20.9. The van der Waals surface area contributed by atoms with Crippen LogP contribution in [-0.4, -0.2) is 46.1 Å². The van der Waals surface area contributed by atoms with Crippen LogP contribution in [0.1, 0.15) is 35.2 Å². The molecule has 0 radical (unpaired) electrons. The summed E-state index contributed by atoms with van der Waals surface area (Å²) in [4.78, 5) is 14.1. The molecule has 1 aliphatic rings. The number of nitrogens with zero attached hydrogens (tertiary/aromatic N) is 2. The lowest BCUT2D eigenvalue weighted by molar-refractivity contribution is 0.0503. The SMILES string of the molecule is NC(=NO)c1ccc(C(=O)N2CCCCC2CO)cc1. The lowest BCUT2D eigenvalue weighted by Gasteiger charge is -2.34. The quantitative estimate of drug-likeness (QED) is 0.329. The van der Waals surface area contributed by atoms with Crippen molar-refractivity contribution in [3.05, 3.63) is 35.4 Å². The smallest absolute Gasteiger partial charge is 0.254 e. The third-order valence-electron chi connectivity index (χ3n) is 3.63. The molecule has 0 spiro atoms. The molecule has 1 aliphatic heterocycles. The number of likely N-dealkylation sites (tertiary alicyclic amines) is 1. The molecule has 2 rings (SSSR count). The molecule has 1 amide bonds. The van der Waals surface area contributed by atoms with Crippen molar-refractivity contribution < 1.29 is 15.1 Å². The normalized spacial score (nSPS) is 19.9. The number of benzene rings is 1. The van der Waals surface area contributed by atoms with E-state index in [1.807, 2.05) is 0 Å². The summed E-state index contributed by atoms with van der Waals surface area (Å²) in [6.07, 6.45) is 2.84. The van der Waals surface area contributed by atoms with Crippen LogP contribution in [0, 0.1) is 0 Å². The summed E-state index contributed by atoms with van der Waals surface area (Å²) in [7, 11) is 0. The van der Waals surface area contributed by atoms with Gasteiger partial charge in [-0.15, -0.1) is 0 Å². The first kappa shape index (κ1) is 14.3. The van der Waals surface area contributed by atoms with Crippen molar-refractivity contribution in [3.8, 4) is 0 Å². The molecule has 1 heterocycles. The van der Waals surface area contributed by atoms with Gasteiger partial charge in [0.2, 0.25) is 0 Å². The second-order valence-electron chi connectivity index (χ2n) is 4.89. The van der Waals surface area contributed by atoms with Crippen LogP contribution in [0.5, 0.6) is 0 Å². The highest BCUT2D eigenvalue weighted by Gasteiger charge is 2.26. The molecule has 1 aromatic carbocycles. The summed E-state index contributed by atoms with van der Waals surface area (Å²) in [5.41, 5.74) is 6.58. The second-order valence-corrected chi connectivity index (χ2v) is 4.89. The Bertz CT molecular complexity index is 499. The molecule has 0 aliphatic carbocycles. The van der Waals surface area contributed by atoms with Crippen LogP contribution in [0.3, 0.4) is 0 Å². The molecule has 1 aromatic rings. The largest absolute Gasteiger partial charge is 0.409 e. The Balaban J connectivity index is 2.16. The summed E-state index contributed by atoms with van der Waals surface area (Å²) < 4.78 is 0. The van der Waals surface area contributed by atoms with Crippen LogP contribution >= 0.6 is 0 Å². The molecule has 1 unspecified atom stereocenters. The highest BCUT2D eigenvalue weighted by molar-refractivity contribution is 5.99. The van der Waals surface area contributed by atoms with Gasteiger partial charge >= 0.3 is 0 Å². The Hall–Kier alpha value is -2.08. The number of piperidine rings is 1. The molecule has 0 aromatic heterocycles. The number of hydrogen-bond acceptors (Lipinski definition) is 4. The molecule has 1 saturated heterocycles. The summed E-state index contributed by atoms with van der Waals surface area (Å²) in [6, 6.07) is 6.48. The van der Waals surface area contributed by atoms with Gasteiger partial charge in [-0.25, -0.2) is 0 Å². The van der Waals surface area contributed by atoms with Crippen LogP contribution in [-0.2, 0) is 0 Å². The van der Waals surface area contributed by atoms with E-state index in [0.29, 0.717) is 17.7 Å². The van der Waals surface area contributed by atoms with Gasteiger partial charge < -0.3 is 20.9 Å². The Morgan fingerprint density at radius 1 is 1.30 bits per heavy atom. The van der Waals surface area contributed by atoms with E-state index < -0.39 is 0 Å². The maximum Gasteiger partial charge on any atom is 0.254 e. The zero-order chi connectivity index (χ0) is 14.5. The molecular weight excluding hydrogens is 258 g/mol. The van der Waals surface area contributed by atoms with Crippen molar-refractivity contribution in [2.75, 3.05) is 13.2 Å². The van der Waals surface area contributed by atoms with E-state index in [1.54, 1.807) is 29.2 Å². The van der Waals surface area contributed by atoms with Gasteiger partial charge in [0.05, 0.1) is 12.6 Å². The fraction of sp³-hybridized carbons (Fsp3) is 0.429. The maximum absolute atomic E-state index is 12.4. The van der Waals surface area contributed by atoms with Crippen LogP contribution in [0.2, 0.25) is 0 Å². The highest BCUT2D eigenvalue weighted by Crippen LogP contribution is 2.19. The van der Waals surface area contributed by atoms with Crippen LogP contribution in [0.4, 0.5) is 0 Å². The third kappa shape index (κ3) is 2.91. The molecule has 1 atom stereocenters. The topological polar surface area (TPSA) is 99.2 Å². The Morgan fingerprint density at radius 2 is 1.95 bits per heavy atom. The number of carbonyl (C=O) groups is 1. The fourth-order valence-corrected chi connectivity index (χ4v) is 2.46. The lowest BCUT2D eigenvalue weighted by Crippen LogP contribution is -2.45. The van der Waals surface area contributed by atoms with Gasteiger partial charge in [-0.3, -0.25) is 4.79 Å². The number of amides is 1. The summed E-state index contributed by atoms with van der Waals surface area (Å²) in [6.45, 7) is 0.667. The first-order chi connectivity index (χ1) is 9.67. The van der Waals surface area contributed by atoms with Crippen LogP contribution < -0.4 is 5.73 Å². The van der Waals surface area contributed by atoms with Gasteiger partial charge in [-0.1, -0.05) is 17.3 Å². The predicted molar refractivity (Wildman–Crippen MR) is 74.7 cm³/mol. The Morgan fingerprint density at radius 3 is 2.55 bits per heavy atom. The van der Waals surface area contributed by atoms with Gasteiger partial charge in [0, 0.05) is 17.7 Å². The number of hydrogen-bond donors (Lipinski definition) is 3. The molecule has 108 valence electrons. The van der Waals surface area contributed by atoms with Crippen molar-refractivity contribution >= 4 is 11.7 Å². The standard InChI is InChI=1S/C14H19N3O3/c15-13(16-20)10-4-6-11(7-5-10)14(19)17-8-2-1-3-12(17)9-18/h4-7,12,18,20H,1-3,8-9H2,(H2,15,16). The summed E-state index contributed by atoms with van der Waals surface area (Å²) >= 11 is 0. The molecule has 1 fully saturated rings. The number of rotatable bonds is 3. The van der Waals surface area contributed by atoms with Crippen LogP contribution in [0.15, 0.2) is 29.4 Å². The van der Waals surface area contributed by atoms with Crippen molar-refractivity contribution in [1.82, 2.24) is 4.90 Å². The Labute approximate surface area is 117 Å². The number of carbonyl (C=O) groups excluding carboxylic acids is 1. The minimum Gasteiger partial charge on any atom is -0.409 e. The van der Waals surface area contributed by atoms with Gasteiger partial charge in [0.1, 0.15) is 0 Å². The van der Waals surface area contributed by atoms with E-state index in [2.05, 4.69) is 5.16 Å².